The van der Waals surface area contributed by atoms with E-state index >= 15 is 0 Å². The van der Waals surface area contributed by atoms with Crippen molar-refractivity contribution in [2.75, 3.05) is 0 Å². The Kier molecular flexibility index (Phi) is 3.54. The van der Waals surface area contributed by atoms with Crippen molar-refractivity contribution in [2.24, 2.45) is 0 Å². The average Bonchev–Trinajstić information content (AvgIpc) is 2.86. The van der Waals surface area contributed by atoms with Gasteiger partial charge in [-0.05, 0) is 27.7 Å². The Bertz CT molecular complexity index is 413. The Balaban J connectivity index is 1.86. The van der Waals surface area contributed by atoms with Gasteiger partial charge in [-0.25, -0.2) is 9.86 Å². The number of hydrogen-bond donors (Lipinski definition) is 1. The maximum absolute atomic E-state index is 12.1. The summed E-state index contributed by atoms with van der Waals surface area (Å²) < 4.78 is 5.11. The normalized spacial score (nSPS) is 26.4. The highest BCUT2D eigenvalue weighted by molar-refractivity contribution is 5.85. The van der Waals surface area contributed by atoms with E-state index in [1.54, 1.807) is 27.7 Å². The molecule has 6 heteroatoms. The number of rotatable bonds is 2. The maximum atomic E-state index is 12.1. The van der Waals surface area contributed by atoms with Gasteiger partial charge in [0.2, 0.25) is 0 Å². The molecule has 0 aromatic heterocycles. The summed E-state index contributed by atoms with van der Waals surface area (Å²) >= 11 is 0. The van der Waals surface area contributed by atoms with Gasteiger partial charge >= 0.3 is 6.09 Å². The Hall–Kier alpha value is -1.56. The molecule has 2 bridgehead atoms. The first-order valence-electron chi connectivity index (χ1n) is 6.44. The van der Waals surface area contributed by atoms with E-state index in [0.717, 1.165) is 6.42 Å². The first kappa shape index (κ1) is 13.9. The minimum Gasteiger partial charge on any atom is -0.444 e. The quantitative estimate of drug-likeness (QED) is 0.768. The lowest BCUT2D eigenvalue weighted by molar-refractivity contribution is -0.184. The molecule has 0 spiro atoms. The summed E-state index contributed by atoms with van der Waals surface area (Å²) in [4.78, 5) is 29.2. The number of hydroxylamine groups is 2. The van der Waals surface area contributed by atoms with E-state index in [2.05, 4.69) is 5.32 Å². The number of carbonyl (C=O) groups is 2. The van der Waals surface area contributed by atoms with Crippen LogP contribution in [0.4, 0.5) is 4.79 Å². The molecular formula is C13H20N2O4. The highest BCUT2D eigenvalue weighted by Gasteiger charge is 2.40. The molecule has 0 aromatic carbocycles. The molecule has 2 rings (SSSR count). The fourth-order valence-electron chi connectivity index (χ4n) is 2.08. The SMILES string of the molecule is CC(NC(=O)OC(C)(C)C)C(=O)N1OC2C=CC1C2. The van der Waals surface area contributed by atoms with Gasteiger partial charge in [0.05, 0.1) is 6.04 Å². The van der Waals surface area contributed by atoms with Crippen molar-refractivity contribution in [3.63, 3.8) is 0 Å². The van der Waals surface area contributed by atoms with Crippen molar-refractivity contribution in [1.29, 1.82) is 0 Å². The molecule has 1 fully saturated rings. The first-order valence-corrected chi connectivity index (χ1v) is 6.44. The molecular weight excluding hydrogens is 248 g/mol. The predicted octanol–water partition coefficient (Wildman–Crippen LogP) is 1.37. The molecule has 2 aliphatic rings. The highest BCUT2D eigenvalue weighted by Crippen LogP contribution is 2.29. The van der Waals surface area contributed by atoms with Crippen molar-refractivity contribution in [2.45, 2.75) is 57.9 Å². The average molecular weight is 268 g/mol. The van der Waals surface area contributed by atoms with Crippen LogP contribution in [-0.2, 0) is 14.4 Å². The number of hydrogen-bond acceptors (Lipinski definition) is 4. The van der Waals surface area contributed by atoms with Crippen LogP contribution in [0.15, 0.2) is 12.2 Å². The molecule has 3 unspecified atom stereocenters. The van der Waals surface area contributed by atoms with Gasteiger partial charge in [-0.3, -0.25) is 9.63 Å². The number of ether oxygens (including phenoxy) is 1. The molecule has 2 amide bonds. The van der Waals surface area contributed by atoms with Crippen LogP contribution in [0.2, 0.25) is 0 Å². The minimum atomic E-state index is -0.678. The zero-order valence-electron chi connectivity index (χ0n) is 11.7. The Labute approximate surface area is 112 Å². The smallest absolute Gasteiger partial charge is 0.408 e. The number of nitrogens with zero attached hydrogens (tertiary/aromatic N) is 1. The monoisotopic (exact) mass is 268 g/mol. The largest absolute Gasteiger partial charge is 0.444 e. The van der Waals surface area contributed by atoms with Crippen LogP contribution < -0.4 is 5.32 Å². The molecule has 19 heavy (non-hydrogen) atoms. The molecule has 1 aliphatic carbocycles. The van der Waals surface area contributed by atoms with E-state index in [1.807, 2.05) is 12.2 Å². The van der Waals surface area contributed by atoms with Crippen LogP contribution in [0.1, 0.15) is 34.1 Å². The van der Waals surface area contributed by atoms with Crippen LogP contribution in [0.5, 0.6) is 0 Å². The summed E-state index contributed by atoms with van der Waals surface area (Å²) in [5, 5.41) is 3.86. The molecule has 1 heterocycles. The second-order valence-electron chi connectivity index (χ2n) is 5.86. The minimum absolute atomic E-state index is 0.0114. The molecule has 1 saturated heterocycles. The van der Waals surface area contributed by atoms with E-state index in [1.165, 1.54) is 5.06 Å². The van der Waals surface area contributed by atoms with Crippen molar-refractivity contribution in [3.05, 3.63) is 12.2 Å². The van der Waals surface area contributed by atoms with E-state index in [0.29, 0.717) is 0 Å². The van der Waals surface area contributed by atoms with Gasteiger partial charge in [-0.1, -0.05) is 12.2 Å². The van der Waals surface area contributed by atoms with Crippen molar-refractivity contribution in [3.8, 4) is 0 Å². The van der Waals surface area contributed by atoms with Crippen LogP contribution in [0.3, 0.4) is 0 Å². The van der Waals surface area contributed by atoms with Gasteiger partial charge in [-0.15, -0.1) is 0 Å². The van der Waals surface area contributed by atoms with E-state index in [9.17, 15) is 9.59 Å². The third-order valence-corrected chi connectivity index (χ3v) is 2.89. The number of carbonyl (C=O) groups excluding carboxylic acids is 2. The molecule has 106 valence electrons. The summed E-state index contributed by atoms with van der Waals surface area (Å²) in [6, 6.07) is -0.692. The second kappa shape index (κ2) is 4.85. The molecule has 0 saturated carbocycles. The van der Waals surface area contributed by atoms with E-state index < -0.39 is 17.7 Å². The van der Waals surface area contributed by atoms with E-state index in [-0.39, 0.29) is 18.1 Å². The molecule has 1 aliphatic heterocycles. The van der Waals surface area contributed by atoms with Crippen molar-refractivity contribution in [1.82, 2.24) is 10.4 Å². The van der Waals surface area contributed by atoms with Crippen LogP contribution in [0, 0.1) is 0 Å². The summed E-state index contributed by atoms with van der Waals surface area (Å²) in [7, 11) is 0. The van der Waals surface area contributed by atoms with Gasteiger partial charge < -0.3 is 10.1 Å². The summed E-state index contributed by atoms with van der Waals surface area (Å²) in [5.41, 5.74) is -0.585. The zero-order valence-corrected chi connectivity index (χ0v) is 11.7. The number of amides is 2. The second-order valence-corrected chi connectivity index (χ2v) is 5.86. The third-order valence-electron chi connectivity index (χ3n) is 2.89. The van der Waals surface area contributed by atoms with Crippen LogP contribution >= 0.6 is 0 Å². The van der Waals surface area contributed by atoms with Gasteiger partial charge in [0.15, 0.2) is 0 Å². The third kappa shape index (κ3) is 3.26. The molecule has 6 nitrogen and oxygen atoms in total. The van der Waals surface area contributed by atoms with Gasteiger partial charge in [0.1, 0.15) is 17.7 Å². The standard InChI is InChI=1S/C13H20N2O4/c1-8(14-12(17)18-13(2,3)4)11(16)15-9-5-6-10(7-9)19-15/h5-6,8-10H,7H2,1-4H3,(H,14,17). The Morgan fingerprint density at radius 2 is 2.11 bits per heavy atom. The number of alkyl carbamates (subject to hydrolysis) is 1. The predicted molar refractivity (Wildman–Crippen MR) is 68.1 cm³/mol. The number of fused-ring (bicyclic) bond motifs is 2. The van der Waals surface area contributed by atoms with Gasteiger partial charge in [0, 0.05) is 6.42 Å². The first-order chi connectivity index (χ1) is 8.76. The van der Waals surface area contributed by atoms with Gasteiger partial charge in [0.25, 0.3) is 5.91 Å². The molecule has 3 atom stereocenters. The van der Waals surface area contributed by atoms with Gasteiger partial charge in [-0.2, -0.15) is 0 Å². The van der Waals surface area contributed by atoms with Crippen molar-refractivity contribution >= 4 is 12.0 Å². The lowest BCUT2D eigenvalue weighted by Crippen LogP contribution is -2.49. The van der Waals surface area contributed by atoms with E-state index in [4.69, 9.17) is 9.57 Å². The van der Waals surface area contributed by atoms with Crippen LogP contribution in [-0.4, -0.2) is 40.9 Å². The summed E-state index contributed by atoms with van der Waals surface area (Å²) in [6.07, 6.45) is 4.08. The van der Waals surface area contributed by atoms with Crippen molar-refractivity contribution < 1.29 is 19.2 Å². The molecule has 0 aromatic rings. The number of nitrogens with one attached hydrogen (secondary N) is 1. The topological polar surface area (TPSA) is 67.9 Å². The molecule has 1 N–H and O–H groups in total. The fraction of sp³-hybridized carbons (Fsp3) is 0.692. The highest BCUT2D eigenvalue weighted by atomic mass is 16.7. The lowest BCUT2D eigenvalue weighted by Gasteiger charge is -2.27. The Morgan fingerprint density at radius 1 is 1.42 bits per heavy atom. The molecule has 0 radical (unpaired) electrons. The van der Waals surface area contributed by atoms with Crippen LogP contribution in [0.25, 0.3) is 0 Å². The lowest BCUT2D eigenvalue weighted by atomic mass is 10.2. The maximum Gasteiger partial charge on any atom is 0.408 e. The summed E-state index contributed by atoms with van der Waals surface area (Å²) in [5.74, 6) is -0.261. The summed E-state index contributed by atoms with van der Waals surface area (Å²) in [6.45, 7) is 6.93. The fourth-order valence-corrected chi connectivity index (χ4v) is 2.08. The Morgan fingerprint density at radius 3 is 2.58 bits per heavy atom. The zero-order chi connectivity index (χ0) is 14.2.